The van der Waals surface area contributed by atoms with Crippen LogP contribution in [-0.4, -0.2) is 20.1 Å². The molecule has 130 valence electrons. The number of rotatable bonds is 5. The largest absolute Gasteiger partial charge is 0.356 e. The summed E-state index contributed by atoms with van der Waals surface area (Å²) in [6.45, 7) is 4.58. The Hall–Kier alpha value is -3.06. The number of hydrogen-bond donors (Lipinski definition) is 1. The summed E-state index contributed by atoms with van der Waals surface area (Å²) in [7, 11) is 0. The van der Waals surface area contributed by atoms with Crippen LogP contribution in [0.4, 0.5) is 5.95 Å². The van der Waals surface area contributed by atoms with E-state index in [2.05, 4.69) is 38.8 Å². The zero-order chi connectivity index (χ0) is 17.9. The predicted octanol–water partition coefficient (Wildman–Crippen LogP) is 4.48. The van der Waals surface area contributed by atoms with Gasteiger partial charge in [-0.05, 0) is 42.5 Å². The highest BCUT2D eigenvalue weighted by Crippen LogP contribution is 2.36. The Bertz CT molecular complexity index is 1030. The zero-order valence-corrected chi connectivity index (χ0v) is 15.2. The maximum atomic E-state index is 5.44. The third-order valence-electron chi connectivity index (χ3n) is 3.93. The lowest BCUT2D eigenvalue weighted by Crippen LogP contribution is -2.05. The van der Waals surface area contributed by atoms with Gasteiger partial charge in [-0.25, -0.2) is 9.97 Å². The number of hydrogen-bond acceptors (Lipinski definition) is 7. The average Bonchev–Trinajstić information content (AvgIpc) is 3.29. The molecule has 0 aliphatic carbocycles. The predicted molar refractivity (Wildman–Crippen MR) is 102 cm³/mol. The van der Waals surface area contributed by atoms with Gasteiger partial charge in [0.2, 0.25) is 5.95 Å². The Balaban J connectivity index is 1.71. The summed E-state index contributed by atoms with van der Waals surface area (Å²) < 4.78 is 5.44. The van der Waals surface area contributed by atoms with Crippen molar-refractivity contribution in [2.75, 3.05) is 5.32 Å². The average molecular weight is 363 g/mol. The molecule has 4 heterocycles. The van der Waals surface area contributed by atoms with Crippen LogP contribution in [0.2, 0.25) is 0 Å². The first-order valence-electron chi connectivity index (χ1n) is 8.18. The molecule has 0 aromatic carbocycles. The first-order chi connectivity index (χ1) is 12.7. The molecular weight excluding hydrogens is 346 g/mol. The van der Waals surface area contributed by atoms with Crippen LogP contribution in [0.25, 0.3) is 21.9 Å². The fourth-order valence-corrected chi connectivity index (χ4v) is 3.54. The Kier molecular flexibility index (Phi) is 4.45. The molecule has 6 nitrogen and oxygen atoms in total. The molecule has 0 amide bonds. The molecule has 0 fully saturated rings. The zero-order valence-electron chi connectivity index (χ0n) is 14.4. The Labute approximate surface area is 155 Å². The minimum atomic E-state index is 0.566. The van der Waals surface area contributed by atoms with Crippen molar-refractivity contribution in [2.24, 2.45) is 0 Å². The number of anilines is 1. The van der Waals surface area contributed by atoms with Gasteiger partial charge in [0.05, 0.1) is 21.8 Å². The van der Waals surface area contributed by atoms with Crippen molar-refractivity contribution in [3.63, 3.8) is 0 Å². The molecular formula is C19H17N5OS. The molecule has 0 aliphatic rings. The van der Waals surface area contributed by atoms with Crippen LogP contribution in [0.5, 0.6) is 0 Å². The Morgan fingerprint density at radius 1 is 1.19 bits per heavy atom. The third kappa shape index (κ3) is 3.34. The first kappa shape index (κ1) is 16.4. The highest BCUT2D eigenvalue weighted by molar-refractivity contribution is 7.13. The van der Waals surface area contributed by atoms with E-state index in [1.54, 1.807) is 23.7 Å². The van der Waals surface area contributed by atoms with E-state index in [9.17, 15) is 0 Å². The molecule has 0 spiro atoms. The number of aromatic nitrogens is 4. The molecule has 0 unspecified atom stereocenters. The minimum absolute atomic E-state index is 0.566. The molecule has 26 heavy (non-hydrogen) atoms. The lowest BCUT2D eigenvalue weighted by molar-refractivity contribution is 0.427. The van der Waals surface area contributed by atoms with Crippen LogP contribution in [0.3, 0.4) is 0 Å². The van der Waals surface area contributed by atoms with Gasteiger partial charge in [-0.15, -0.1) is 11.3 Å². The van der Waals surface area contributed by atoms with Gasteiger partial charge in [0.15, 0.2) is 5.76 Å². The van der Waals surface area contributed by atoms with Gasteiger partial charge in [-0.2, -0.15) is 0 Å². The lowest BCUT2D eigenvalue weighted by atomic mass is 10.1. The van der Waals surface area contributed by atoms with Crippen LogP contribution in [0, 0.1) is 13.8 Å². The summed E-state index contributed by atoms with van der Waals surface area (Å²) in [5.74, 6) is 1.24. The van der Waals surface area contributed by atoms with E-state index >= 15 is 0 Å². The maximum Gasteiger partial charge on any atom is 0.223 e. The van der Waals surface area contributed by atoms with Crippen LogP contribution < -0.4 is 5.32 Å². The summed E-state index contributed by atoms with van der Waals surface area (Å²) in [6.07, 6.45) is 5.36. The van der Waals surface area contributed by atoms with E-state index in [1.165, 1.54) is 5.56 Å². The van der Waals surface area contributed by atoms with Gasteiger partial charge < -0.3 is 9.84 Å². The molecule has 0 aliphatic heterocycles. The van der Waals surface area contributed by atoms with E-state index in [4.69, 9.17) is 9.51 Å². The standard InChI is InChI=1S/C19H17N5OS/c1-12-5-7-26-18(12)17-15(16-8-13(2)24-25-16)11-22-19(23-17)21-10-14-4-3-6-20-9-14/h3-9,11H,10H2,1-2H3,(H,21,22,23). The SMILES string of the molecule is Cc1cc(-c2cnc(NCc3cccnc3)nc2-c2sccc2C)on1. The smallest absolute Gasteiger partial charge is 0.223 e. The molecule has 0 atom stereocenters. The molecule has 0 bridgehead atoms. The van der Waals surface area contributed by atoms with Crippen LogP contribution in [-0.2, 0) is 6.54 Å². The monoisotopic (exact) mass is 363 g/mol. The summed E-state index contributed by atoms with van der Waals surface area (Å²) in [5, 5.41) is 9.31. The van der Waals surface area contributed by atoms with Crippen molar-refractivity contribution in [2.45, 2.75) is 20.4 Å². The van der Waals surface area contributed by atoms with Crippen LogP contribution >= 0.6 is 11.3 Å². The maximum absolute atomic E-state index is 5.44. The topological polar surface area (TPSA) is 76.7 Å². The molecule has 0 saturated carbocycles. The van der Waals surface area contributed by atoms with Crippen molar-refractivity contribution >= 4 is 17.3 Å². The van der Waals surface area contributed by atoms with Crippen LogP contribution in [0.15, 0.2) is 52.8 Å². The second-order valence-electron chi connectivity index (χ2n) is 5.94. The highest BCUT2D eigenvalue weighted by atomic mass is 32.1. The highest BCUT2D eigenvalue weighted by Gasteiger charge is 2.17. The van der Waals surface area contributed by atoms with E-state index < -0.39 is 0 Å². The Morgan fingerprint density at radius 3 is 2.81 bits per heavy atom. The number of nitrogens with one attached hydrogen (secondary N) is 1. The van der Waals surface area contributed by atoms with E-state index in [0.717, 1.165) is 27.4 Å². The molecule has 4 rings (SSSR count). The lowest BCUT2D eigenvalue weighted by Gasteiger charge is -2.09. The fraction of sp³-hybridized carbons (Fsp3) is 0.158. The quantitative estimate of drug-likeness (QED) is 0.563. The van der Waals surface area contributed by atoms with Crippen molar-refractivity contribution < 1.29 is 4.52 Å². The van der Waals surface area contributed by atoms with Crippen molar-refractivity contribution in [3.05, 3.63) is 65.1 Å². The summed E-state index contributed by atoms with van der Waals surface area (Å²) in [5.41, 5.74) is 4.75. The molecule has 1 N–H and O–H groups in total. The van der Waals surface area contributed by atoms with E-state index in [0.29, 0.717) is 18.3 Å². The van der Waals surface area contributed by atoms with E-state index in [-0.39, 0.29) is 0 Å². The van der Waals surface area contributed by atoms with Crippen molar-refractivity contribution in [1.29, 1.82) is 0 Å². The van der Waals surface area contributed by atoms with Crippen molar-refractivity contribution in [1.82, 2.24) is 20.1 Å². The van der Waals surface area contributed by atoms with Gasteiger partial charge in [0.25, 0.3) is 0 Å². The van der Waals surface area contributed by atoms with Crippen LogP contribution in [0.1, 0.15) is 16.8 Å². The Morgan fingerprint density at radius 2 is 2.12 bits per heavy atom. The number of thiophene rings is 1. The number of nitrogens with zero attached hydrogens (tertiary/aromatic N) is 4. The minimum Gasteiger partial charge on any atom is -0.356 e. The van der Waals surface area contributed by atoms with Crippen molar-refractivity contribution in [3.8, 4) is 21.9 Å². The van der Waals surface area contributed by atoms with Gasteiger partial charge in [-0.3, -0.25) is 4.98 Å². The number of pyridine rings is 1. The normalized spacial score (nSPS) is 10.8. The molecule has 7 heteroatoms. The molecule has 0 saturated heterocycles. The van der Waals surface area contributed by atoms with Gasteiger partial charge in [-0.1, -0.05) is 11.2 Å². The second kappa shape index (κ2) is 7.05. The summed E-state index contributed by atoms with van der Waals surface area (Å²) >= 11 is 1.65. The van der Waals surface area contributed by atoms with Gasteiger partial charge in [0.1, 0.15) is 0 Å². The third-order valence-corrected chi connectivity index (χ3v) is 4.96. The van der Waals surface area contributed by atoms with Gasteiger partial charge in [0, 0.05) is 31.2 Å². The molecule has 4 aromatic rings. The van der Waals surface area contributed by atoms with Gasteiger partial charge >= 0.3 is 0 Å². The molecule has 4 aromatic heterocycles. The van der Waals surface area contributed by atoms with E-state index in [1.807, 2.05) is 31.3 Å². The fourth-order valence-electron chi connectivity index (χ4n) is 2.61. The molecule has 0 radical (unpaired) electrons. The second-order valence-corrected chi connectivity index (χ2v) is 6.85. The first-order valence-corrected chi connectivity index (χ1v) is 9.06. The summed E-state index contributed by atoms with van der Waals surface area (Å²) in [6, 6.07) is 7.90. The number of aryl methyl sites for hydroxylation is 2. The summed E-state index contributed by atoms with van der Waals surface area (Å²) in [4.78, 5) is 14.4.